The van der Waals surface area contributed by atoms with Crippen molar-refractivity contribution in [2.45, 2.75) is 13.5 Å². The molecule has 2 aromatic heterocycles. The minimum atomic E-state index is -1.08. The molecular weight excluding hydrogens is 320 g/mol. The molecule has 0 saturated heterocycles. The van der Waals surface area contributed by atoms with Crippen LogP contribution in [0.2, 0.25) is 0 Å². The van der Waals surface area contributed by atoms with Gasteiger partial charge in [0, 0.05) is 7.05 Å². The Morgan fingerprint density at radius 3 is 2.70 bits per heavy atom. The van der Waals surface area contributed by atoms with Crippen LogP contribution in [0.3, 0.4) is 0 Å². The van der Waals surface area contributed by atoms with Crippen LogP contribution < -0.4 is 5.32 Å². The molecule has 2 rings (SSSR count). The van der Waals surface area contributed by atoms with E-state index in [2.05, 4.69) is 5.32 Å². The summed E-state index contributed by atoms with van der Waals surface area (Å²) in [6, 6.07) is 4.84. The average molecular weight is 336 g/mol. The fourth-order valence-electron chi connectivity index (χ4n) is 1.96. The Labute approximate surface area is 136 Å². The zero-order chi connectivity index (χ0) is 17.0. The molecule has 8 heteroatoms. The Kier molecular flexibility index (Phi) is 5.17. The zero-order valence-electron chi connectivity index (χ0n) is 12.7. The smallest absolute Gasteiger partial charge is 0.339 e. The summed E-state index contributed by atoms with van der Waals surface area (Å²) in [5.74, 6) is -1.03. The lowest BCUT2D eigenvalue weighted by Gasteiger charge is -2.15. The van der Waals surface area contributed by atoms with Crippen LogP contribution >= 0.6 is 11.3 Å². The molecule has 0 radical (unpaired) electrons. The third-order valence-electron chi connectivity index (χ3n) is 3.12. The van der Waals surface area contributed by atoms with Crippen molar-refractivity contribution in [3.8, 4) is 0 Å². The van der Waals surface area contributed by atoms with Crippen LogP contribution in [-0.4, -0.2) is 41.4 Å². The van der Waals surface area contributed by atoms with E-state index in [0.29, 0.717) is 10.6 Å². The van der Waals surface area contributed by atoms with Crippen LogP contribution in [-0.2, 0) is 11.3 Å². The molecule has 0 aliphatic rings. The third kappa shape index (κ3) is 4.19. The molecular formula is C15H16N2O5S. The average Bonchev–Trinajstić information content (AvgIpc) is 3.13. The van der Waals surface area contributed by atoms with Gasteiger partial charge in [0.15, 0.2) is 0 Å². The maximum atomic E-state index is 12.0. The predicted molar refractivity (Wildman–Crippen MR) is 83.5 cm³/mol. The molecule has 0 atom stereocenters. The number of aryl methyl sites for hydroxylation is 1. The second-order valence-electron chi connectivity index (χ2n) is 4.90. The largest absolute Gasteiger partial charge is 0.478 e. The number of amides is 2. The number of furan rings is 1. The first kappa shape index (κ1) is 16.8. The number of nitrogens with one attached hydrogen (secondary N) is 1. The summed E-state index contributed by atoms with van der Waals surface area (Å²) in [6.45, 7) is 1.51. The first-order valence-electron chi connectivity index (χ1n) is 6.76. The first-order chi connectivity index (χ1) is 10.9. The van der Waals surface area contributed by atoms with E-state index < -0.39 is 5.97 Å². The third-order valence-corrected chi connectivity index (χ3v) is 3.98. The number of carbonyl (C=O) groups excluding carboxylic acids is 2. The molecule has 23 heavy (non-hydrogen) atoms. The molecule has 0 unspecified atom stereocenters. The van der Waals surface area contributed by atoms with Gasteiger partial charge in [-0.1, -0.05) is 6.07 Å². The number of rotatable bonds is 6. The van der Waals surface area contributed by atoms with Crippen LogP contribution in [0.1, 0.15) is 31.6 Å². The van der Waals surface area contributed by atoms with Gasteiger partial charge in [0.2, 0.25) is 5.91 Å². The van der Waals surface area contributed by atoms with Crippen LogP contribution in [0.4, 0.5) is 0 Å². The van der Waals surface area contributed by atoms with Crippen LogP contribution in [0.15, 0.2) is 28.0 Å². The van der Waals surface area contributed by atoms with Gasteiger partial charge in [-0.05, 0) is 24.4 Å². The zero-order valence-corrected chi connectivity index (χ0v) is 13.5. The molecule has 0 spiro atoms. The van der Waals surface area contributed by atoms with Gasteiger partial charge in [-0.15, -0.1) is 11.3 Å². The van der Waals surface area contributed by atoms with Gasteiger partial charge in [0.25, 0.3) is 5.91 Å². The van der Waals surface area contributed by atoms with Gasteiger partial charge in [-0.2, -0.15) is 0 Å². The number of carbonyl (C=O) groups is 3. The topological polar surface area (TPSA) is 99.9 Å². The van der Waals surface area contributed by atoms with Crippen LogP contribution in [0.5, 0.6) is 0 Å². The van der Waals surface area contributed by atoms with E-state index in [1.807, 2.05) is 0 Å². The van der Waals surface area contributed by atoms with E-state index in [0.717, 1.165) is 0 Å². The van der Waals surface area contributed by atoms with Gasteiger partial charge >= 0.3 is 5.97 Å². The summed E-state index contributed by atoms with van der Waals surface area (Å²) < 4.78 is 5.26. The van der Waals surface area contributed by atoms with Crippen molar-refractivity contribution in [2.75, 3.05) is 13.6 Å². The normalized spacial score (nSPS) is 10.3. The van der Waals surface area contributed by atoms with Gasteiger partial charge < -0.3 is 19.7 Å². The van der Waals surface area contributed by atoms with Crippen molar-refractivity contribution in [1.29, 1.82) is 0 Å². The quantitative estimate of drug-likeness (QED) is 0.837. The molecule has 2 aromatic rings. The molecule has 2 amide bonds. The van der Waals surface area contributed by atoms with E-state index in [-0.39, 0.29) is 36.2 Å². The first-order valence-corrected chi connectivity index (χ1v) is 7.64. The van der Waals surface area contributed by atoms with Gasteiger partial charge in [0.05, 0.1) is 18.0 Å². The molecule has 122 valence electrons. The molecule has 0 saturated carbocycles. The minimum absolute atomic E-state index is 0.0635. The molecule has 7 nitrogen and oxygen atoms in total. The summed E-state index contributed by atoms with van der Waals surface area (Å²) in [6.07, 6.45) is 0. The number of aromatic carboxylic acids is 1. The fourth-order valence-corrected chi connectivity index (χ4v) is 2.68. The van der Waals surface area contributed by atoms with E-state index in [1.165, 1.54) is 22.3 Å². The van der Waals surface area contributed by atoms with Crippen molar-refractivity contribution >= 4 is 29.1 Å². The molecule has 2 N–H and O–H groups in total. The van der Waals surface area contributed by atoms with E-state index >= 15 is 0 Å². The van der Waals surface area contributed by atoms with Crippen molar-refractivity contribution in [1.82, 2.24) is 10.2 Å². The molecule has 0 aliphatic carbocycles. The highest BCUT2D eigenvalue weighted by Crippen LogP contribution is 2.14. The monoisotopic (exact) mass is 336 g/mol. The lowest BCUT2D eigenvalue weighted by Crippen LogP contribution is -2.37. The maximum Gasteiger partial charge on any atom is 0.339 e. The Bertz CT molecular complexity index is 720. The Morgan fingerprint density at radius 1 is 1.39 bits per heavy atom. The summed E-state index contributed by atoms with van der Waals surface area (Å²) in [5.41, 5.74) is 0.0687. The van der Waals surface area contributed by atoms with E-state index in [9.17, 15) is 14.4 Å². The number of likely N-dealkylation sites (N-methyl/N-ethyl adjacent to an activating group) is 1. The van der Waals surface area contributed by atoms with Crippen molar-refractivity contribution < 1.29 is 23.9 Å². The predicted octanol–water partition coefficient (Wildman–Crippen LogP) is 1.74. The molecule has 0 fully saturated rings. The number of carboxylic acids is 1. The van der Waals surface area contributed by atoms with Gasteiger partial charge in [0.1, 0.15) is 17.1 Å². The lowest BCUT2D eigenvalue weighted by molar-refractivity contribution is -0.121. The van der Waals surface area contributed by atoms with Gasteiger partial charge in [-0.25, -0.2) is 4.79 Å². The summed E-state index contributed by atoms with van der Waals surface area (Å²) in [7, 11) is 1.54. The van der Waals surface area contributed by atoms with Crippen molar-refractivity contribution in [3.05, 3.63) is 45.5 Å². The summed E-state index contributed by atoms with van der Waals surface area (Å²) in [5, 5.41) is 13.3. The number of carboxylic acid groups (broad SMARTS) is 1. The van der Waals surface area contributed by atoms with E-state index in [1.54, 1.807) is 31.5 Å². The van der Waals surface area contributed by atoms with Crippen molar-refractivity contribution in [2.24, 2.45) is 0 Å². The highest BCUT2D eigenvalue weighted by atomic mass is 32.1. The van der Waals surface area contributed by atoms with E-state index in [4.69, 9.17) is 9.52 Å². The number of thiophene rings is 1. The maximum absolute atomic E-state index is 12.0. The molecule has 0 bridgehead atoms. The standard InChI is InChI=1S/C15H16N2O5S/c1-9-11(15(20)21)6-10(22-9)7-16-13(18)8-17(2)14(19)12-4-3-5-23-12/h3-6H,7-8H2,1-2H3,(H,16,18)(H,20,21). The second-order valence-corrected chi connectivity index (χ2v) is 5.85. The van der Waals surface area contributed by atoms with Crippen LogP contribution in [0, 0.1) is 6.92 Å². The number of nitrogens with zero attached hydrogens (tertiary/aromatic N) is 1. The Balaban J connectivity index is 1.86. The number of hydrogen-bond acceptors (Lipinski definition) is 5. The summed E-state index contributed by atoms with van der Waals surface area (Å²) in [4.78, 5) is 36.7. The molecule has 0 aliphatic heterocycles. The minimum Gasteiger partial charge on any atom is -0.478 e. The van der Waals surface area contributed by atoms with Gasteiger partial charge in [-0.3, -0.25) is 9.59 Å². The summed E-state index contributed by atoms with van der Waals surface area (Å²) >= 11 is 1.31. The highest BCUT2D eigenvalue weighted by Gasteiger charge is 2.17. The lowest BCUT2D eigenvalue weighted by atomic mass is 10.2. The second kappa shape index (κ2) is 7.10. The Morgan fingerprint density at radius 2 is 2.13 bits per heavy atom. The van der Waals surface area contributed by atoms with Crippen molar-refractivity contribution in [3.63, 3.8) is 0 Å². The SMILES string of the molecule is Cc1oc(CNC(=O)CN(C)C(=O)c2cccs2)cc1C(=O)O. The number of hydrogen-bond donors (Lipinski definition) is 2. The van der Waals surface area contributed by atoms with Crippen LogP contribution in [0.25, 0.3) is 0 Å². The molecule has 0 aromatic carbocycles. The fraction of sp³-hybridized carbons (Fsp3) is 0.267. The Hall–Kier alpha value is -2.61. The highest BCUT2D eigenvalue weighted by molar-refractivity contribution is 7.12. The molecule has 2 heterocycles.